The first-order valence-electron chi connectivity index (χ1n) is 7.41. The minimum absolute atomic E-state index is 0.689. The van der Waals surface area contributed by atoms with Crippen molar-refractivity contribution in [3.8, 4) is 0 Å². The maximum absolute atomic E-state index is 4.70. The summed E-state index contributed by atoms with van der Waals surface area (Å²) in [7, 11) is 0. The molecular formula is C18H21N. The van der Waals surface area contributed by atoms with Gasteiger partial charge in [0.25, 0.3) is 0 Å². The van der Waals surface area contributed by atoms with Crippen LogP contribution >= 0.6 is 0 Å². The zero-order chi connectivity index (χ0) is 12.9. The molecule has 2 aromatic rings. The first kappa shape index (κ1) is 12.4. The minimum Gasteiger partial charge on any atom is -0.261 e. The van der Waals surface area contributed by atoms with Gasteiger partial charge in [0.1, 0.15) is 0 Å². The van der Waals surface area contributed by atoms with E-state index in [0.717, 1.165) is 6.42 Å². The Balaban J connectivity index is 1.84. The third-order valence-electron chi connectivity index (χ3n) is 4.16. The van der Waals surface area contributed by atoms with Crippen LogP contribution in [-0.4, -0.2) is 4.98 Å². The van der Waals surface area contributed by atoms with Crippen molar-refractivity contribution < 1.29 is 0 Å². The van der Waals surface area contributed by atoms with Crippen LogP contribution < -0.4 is 0 Å². The molecule has 98 valence electrons. The minimum atomic E-state index is 0.689. The number of hydrogen-bond donors (Lipinski definition) is 0. The smallest absolute Gasteiger partial charge is 0.0469 e. The summed E-state index contributed by atoms with van der Waals surface area (Å²) in [4.78, 5) is 4.70. The summed E-state index contributed by atoms with van der Waals surface area (Å²) in [5.41, 5.74) is 4.15. The van der Waals surface area contributed by atoms with Crippen LogP contribution in [0.15, 0.2) is 48.7 Å². The van der Waals surface area contributed by atoms with Crippen molar-refractivity contribution in [2.75, 3.05) is 0 Å². The lowest BCUT2D eigenvalue weighted by atomic mass is 9.84. The quantitative estimate of drug-likeness (QED) is 0.769. The Labute approximate surface area is 115 Å². The highest BCUT2D eigenvalue weighted by atomic mass is 14.7. The van der Waals surface area contributed by atoms with Crippen molar-refractivity contribution >= 4 is 0 Å². The Morgan fingerprint density at radius 1 is 0.895 bits per heavy atom. The molecule has 1 aliphatic carbocycles. The molecule has 0 unspecified atom stereocenters. The Hall–Kier alpha value is -1.63. The molecular weight excluding hydrogens is 230 g/mol. The molecule has 1 heteroatoms. The highest BCUT2D eigenvalue weighted by molar-refractivity contribution is 5.30. The largest absolute Gasteiger partial charge is 0.261 e. The fourth-order valence-corrected chi connectivity index (χ4v) is 3.16. The monoisotopic (exact) mass is 251 g/mol. The van der Waals surface area contributed by atoms with Gasteiger partial charge in [0.15, 0.2) is 0 Å². The molecule has 0 saturated heterocycles. The molecule has 3 rings (SSSR count). The fourth-order valence-electron chi connectivity index (χ4n) is 3.16. The van der Waals surface area contributed by atoms with Gasteiger partial charge in [0, 0.05) is 17.8 Å². The molecule has 1 aliphatic rings. The van der Waals surface area contributed by atoms with Crippen LogP contribution in [0.2, 0.25) is 0 Å². The number of nitrogens with zero attached hydrogens (tertiary/aromatic N) is 1. The molecule has 0 bridgehead atoms. The van der Waals surface area contributed by atoms with Gasteiger partial charge in [-0.25, -0.2) is 0 Å². The van der Waals surface area contributed by atoms with Crippen LogP contribution in [0.3, 0.4) is 0 Å². The van der Waals surface area contributed by atoms with Gasteiger partial charge >= 0.3 is 0 Å². The summed E-state index contributed by atoms with van der Waals surface area (Å²) < 4.78 is 0. The molecule has 0 atom stereocenters. The normalized spacial score (nSPS) is 16.4. The molecule has 1 saturated carbocycles. The lowest BCUT2D eigenvalue weighted by Crippen LogP contribution is -2.09. The zero-order valence-corrected chi connectivity index (χ0v) is 11.4. The van der Waals surface area contributed by atoms with Gasteiger partial charge in [-0.2, -0.15) is 0 Å². The second kappa shape index (κ2) is 6.01. The third kappa shape index (κ3) is 3.04. The Bertz CT molecular complexity index is 512. The molecule has 0 amide bonds. The number of benzene rings is 1. The summed E-state index contributed by atoms with van der Waals surface area (Å²) in [5, 5.41) is 0. The van der Waals surface area contributed by atoms with E-state index in [4.69, 9.17) is 4.98 Å². The number of aromatic nitrogens is 1. The van der Waals surface area contributed by atoms with Gasteiger partial charge in [-0.3, -0.25) is 4.98 Å². The van der Waals surface area contributed by atoms with Crippen molar-refractivity contribution in [1.29, 1.82) is 0 Å². The zero-order valence-electron chi connectivity index (χ0n) is 11.4. The van der Waals surface area contributed by atoms with Crippen LogP contribution in [0.5, 0.6) is 0 Å². The predicted molar refractivity (Wildman–Crippen MR) is 79.3 cm³/mol. The lowest BCUT2D eigenvalue weighted by molar-refractivity contribution is 0.434. The number of hydrogen-bond acceptors (Lipinski definition) is 1. The molecule has 19 heavy (non-hydrogen) atoms. The maximum Gasteiger partial charge on any atom is 0.0469 e. The standard InChI is InChI=1S/C18H21N/c1-3-8-15(9-4-1)14-17-12-7-13-19-18(17)16-10-5-2-6-11-16/h1,3-4,7-9,12-13,16H,2,5-6,10-11,14H2. The van der Waals surface area contributed by atoms with Crippen molar-refractivity contribution in [2.45, 2.75) is 44.4 Å². The van der Waals surface area contributed by atoms with E-state index in [1.165, 1.54) is 48.9 Å². The van der Waals surface area contributed by atoms with Gasteiger partial charge < -0.3 is 0 Å². The number of rotatable bonds is 3. The van der Waals surface area contributed by atoms with Crippen molar-refractivity contribution in [1.82, 2.24) is 4.98 Å². The van der Waals surface area contributed by atoms with Gasteiger partial charge in [0.2, 0.25) is 0 Å². The highest BCUT2D eigenvalue weighted by Gasteiger charge is 2.19. The molecule has 0 aliphatic heterocycles. The van der Waals surface area contributed by atoms with Gasteiger partial charge in [0.05, 0.1) is 0 Å². The lowest BCUT2D eigenvalue weighted by Gasteiger charge is -2.23. The van der Waals surface area contributed by atoms with E-state index in [9.17, 15) is 0 Å². The van der Waals surface area contributed by atoms with Gasteiger partial charge in [-0.15, -0.1) is 0 Å². The van der Waals surface area contributed by atoms with Gasteiger partial charge in [-0.1, -0.05) is 55.7 Å². The van der Waals surface area contributed by atoms with Crippen molar-refractivity contribution in [3.05, 3.63) is 65.5 Å². The molecule has 1 heterocycles. The van der Waals surface area contributed by atoms with Crippen LogP contribution in [0, 0.1) is 0 Å². The first-order valence-corrected chi connectivity index (χ1v) is 7.41. The van der Waals surface area contributed by atoms with E-state index in [0.29, 0.717) is 5.92 Å². The highest BCUT2D eigenvalue weighted by Crippen LogP contribution is 2.33. The van der Waals surface area contributed by atoms with E-state index in [2.05, 4.69) is 42.5 Å². The van der Waals surface area contributed by atoms with Crippen LogP contribution in [0.25, 0.3) is 0 Å². The van der Waals surface area contributed by atoms with E-state index < -0.39 is 0 Å². The Morgan fingerprint density at radius 3 is 2.47 bits per heavy atom. The summed E-state index contributed by atoms with van der Waals surface area (Å²) in [5.74, 6) is 0.689. The second-order valence-electron chi connectivity index (χ2n) is 5.55. The molecule has 1 aromatic heterocycles. The Morgan fingerprint density at radius 2 is 1.68 bits per heavy atom. The summed E-state index contributed by atoms with van der Waals surface area (Å²) in [6.07, 6.45) is 9.74. The topological polar surface area (TPSA) is 12.9 Å². The average Bonchev–Trinajstić information content (AvgIpc) is 2.50. The van der Waals surface area contributed by atoms with Crippen LogP contribution in [0.4, 0.5) is 0 Å². The Kier molecular flexibility index (Phi) is 3.92. The SMILES string of the molecule is c1ccc(Cc2cccnc2C2CCCCC2)cc1. The summed E-state index contributed by atoms with van der Waals surface area (Å²) >= 11 is 0. The fraction of sp³-hybridized carbons (Fsp3) is 0.389. The molecule has 1 aromatic carbocycles. The average molecular weight is 251 g/mol. The van der Waals surface area contributed by atoms with Crippen molar-refractivity contribution in [3.63, 3.8) is 0 Å². The number of pyridine rings is 1. The van der Waals surface area contributed by atoms with E-state index >= 15 is 0 Å². The van der Waals surface area contributed by atoms with Crippen LogP contribution in [0.1, 0.15) is 54.8 Å². The van der Waals surface area contributed by atoms with E-state index in [1.54, 1.807) is 0 Å². The first-order chi connectivity index (χ1) is 9.43. The molecule has 0 N–H and O–H groups in total. The molecule has 0 spiro atoms. The summed E-state index contributed by atoms with van der Waals surface area (Å²) in [6.45, 7) is 0. The van der Waals surface area contributed by atoms with E-state index in [-0.39, 0.29) is 0 Å². The van der Waals surface area contributed by atoms with Crippen LogP contribution in [-0.2, 0) is 6.42 Å². The molecule has 1 nitrogen and oxygen atoms in total. The molecule has 1 fully saturated rings. The predicted octanol–water partition coefficient (Wildman–Crippen LogP) is 4.72. The molecule has 0 radical (unpaired) electrons. The second-order valence-corrected chi connectivity index (χ2v) is 5.55. The van der Waals surface area contributed by atoms with Crippen molar-refractivity contribution in [2.24, 2.45) is 0 Å². The van der Waals surface area contributed by atoms with E-state index in [1.807, 2.05) is 6.20 Å². The third-order valence-corrected chi connectivity index (χ3v) is 4.16. The summed E-state index contributed by atoms with van der Waals surface area (Å²) in [6, 6.07) is 15.1. The maximum atomic E-state index is 4.70. The van der Waals surface area contributed by atoms with Gasteiger partial charge in [-0.05, 0) is 36.5 Å².